The van der Waals surface area contributed by atoms with Crippen LogP contribution >= 0.6 is 11.6 Å². The molecule has 0 fully saturated rings. The van der Waals surface area contributed by atoms with Crippen molar-refractivity contribution in [3.8, 4) is 5.75 Å². The van der Waals surface area contributed by atoms with Crippen molar-refractivity contribution in [2.24, 2.45) is 5.92 Å². The number of aromatic nitrogens is 2. The first-order valence-electron chi connectivity index (χ1n) is 10.5. The predicted octanol–water partition coefficient (Wildman–Crippen LogP) is 5.20. The Balaban J connectivity index is 1.48. The quantitative estimate of drug-likeness (QED) is 0.373. The van der Waals surface area contributed by atoms with Gasteiger partial charge in [-0.3, -0.25) is 9.48 Å². The van der Waals surface area contributed by atoms with E-state index in [1.807, 2.05) is 38.1 Å². The summed E-state index contributed by atoms with van der Waals surface area (Å²) in [5, 5.41) is 9.02. The van der Waals surface area contributed by atoms with Gasteiger partial charge in [0.25, 0.3) is 5.91 Å². The summed E-state index contributed by atoms with van der Waals surface area (Å²) >= 11 is 6.31. The molecule has 0 atom stereocenters. The number of esters is 1. The number of fused-ring (bicyclic) bond motifs is 3. The highest BCUT2D eigenvalue weighted by Crippen LogP contribution is 2.36. The van der Waals surface area contributed by atoms with Crippen molar-refractivity contribution in [2.45, 2.75) is 27.3 Å². The molecule has 33 heavy (non-hydrogen) atoms. The molecule has 0 aliphatic heterocycles. The van der Waals surface area contributed by atoms with Crippen molar-refractivity contribution in [3.05, 3.63) is 52.8 Å². The maximum absolute atomic E-state index is 12.6. The van der Waals surface area contributed by atoms with Crippen LogP contribution in [-0.2, 0) is 16.1 Å². The molecule has 0 radical (unpaired) electrons. The van der Waals surface area contributed by atoms with Gasteiger partial charge in [-0.25, -0.2) is 4.79 Å². The van der Waals surface area contributed by atoms with Crippen LogP contribution in [0.3, 0.4) is 0 Å². The molecule has 4 aromatic rings. The molecule has 8 nitrogen and oxygen atoms in total. The average molecular weight is 470 g/mol. The van der Waals surface area contributed by atoms with Gasteiger partial charge < -0.3 is 19.2 Å². The number of hydrogen-bond acceptors (Lipinski definition) is 6. The third kappa shape index (κ3) is 4.52. The predicted molar refractivity (Wildman–Crippen MR) is 126 cm³/mol. The van der Waals surface area contributed by atoms with Gasteiger partial charge in [0.1, 0.15) is 27.6 Å². The van der Waals surface area contributed by atoms with Crippen LogP contribution in [0.4, 0.5) is 5.69 Å². The fraction of sp³-hybridized carbons (Fsp3) is 0.292. The van der Waals surface area contributed by atoms with E-state index in [0.29, 0.717) is 35.2 Å². The largest absolute Gasteiger partial charge is 0.495 e. The van der Waals surface area contributed by atoms with Crippen LogP contribution < -0.4 is 10.1 Å². The van der Waals surface area contributed by atoms with Gasteiger partial charge in [0.15, 0.2) is 6.61 Å². The minimum absolute atomic E-state index is 0.159. The smallest absolute Gasteiger partial charge is 0.343 e. The molecule has 0 aliphatic rings. The molecule has 1 amide bonds. The molecule has 0 unspecified atom stereocenters. The molecule has 1 N–H and O–H groups in total. The van der Waals surface area contributed by atoms with E-state index in [2.05, 4.69) is 10.4 Å². The number of nitrogens with zero attached hydrogens (tertiary/aromatic N) is 2. The van der Waals surface area contributed by atoms with Gasteiger partial charge in [-0.2, -0.15) is 5.10 Å². The van der Waals surface area contributed by atoms with Crippen LogP contribution in [-0.4, -0.2) is 35.4 Å². The van der Waals surface area contributed by atoms with Crippen molar-refractivity contribution in [1.29, 1.82) is 0 Å². The Labute approximate surface area is 195 Å². The Bertz CT molecular complexity index is 1360. The zero-order chi connectivity index (χ0) is 23.7. The van der Waals surface area contributed by atoms with Crippen LogP contribution in [0, 0.1) is 12.8 Å². The summed E-state index contributed by atoms with van der Waals surface area (Å²) in [7, 11) is 1.51. The normalized spacial score (nSPS) is 11.3. The van der Waals surface area contributed by atoms with E-state index in [9.17, 15) is 9.59 Å². The average Bonchev–Trinajstić information content (AvgIpc) is 3.26. The Kier molecular flexibility index (Phi) is 6.29. The van der Waals surface area contributed by atoms with Crippen LogP contribution in [0.15, 0.2) is 40.8 Å². The minimum Gasteiger partial charge on any atom is -0.495 e. The lowest BCUT2D eigenvalue weighted by molar-refractivity contribution is -0.119. The van der Waals surface area contributed by atoms with Gasteiger partial charge in [0, 0.05) is 23.4 Å². The maximum Gasteiger partial charge on any atom is 0.343 e. The van der Waals surface area contributed by atoms with Gasteiger partial charge in [0.05, 0.1) is 18.5 Å². The number of amides is 1. The Morgan fingerprint density at radius 1 is 1.18 bits per heavy atom. The molecule has 4 rings (SSSR count). The first-order chi connectivity index (χ1) is 15.8. The number of rotatable bonds is 7. The molecule has 2 aromatic heterocycles. The van der Waals surface area contributed by atoms with E-state index in [0.717, 1.165) is 16.4 Å². The summed E-state index contributed by atoms with van der Waals surface area (Å²) in [6.45, 7) is 5.79. The fourth-order valence-corrected chi connectivity index (χ4v) is 3.98. The molecular weight excluding hydrogens is 446 g/mol. The lowest BCUT2D eigenvalue weighted by Gasteiger charge is -2.11. The first kappa shape index (κ1) is 22.7. The number of halogens is 1. The molecular formula is C24H24ClN3O5. The molecule has 0 spiro atoms. The fourth-order valence-electron chi connectivity index (χ4n) is 3.66. The zero-order valence-corrected chi connectivity index (χ0v) is 19.5. The van der Waals surface area contributed by atoms with Gasteiger partial charge in [-0.15, -0.1) is 0 Å². The maximum atomic E-state index is 12.6. The third-order valence-corrected chi connectivity index (χ3v) is 5.50. The standard InChI is InChI=1S/C24H24ClN3O5/c1-13(2)11-28-23(25)22(14(3)27-28)24(30)32-12-21(29)26-17-10-19-16(9-20(17)31-4)15-7-5-6-8-18(15)33-19/h5-10,13H,11-12H2,1-4H3,(H,26,29). The Hall–Kier alpha value is -3.52. The van der Waals surface area contributed by atoms with Crippen LogP contribution in [0.2, 0.25) is 5.15 Å². The van der Waals surface area contributed by atoms with Gasteiger partial charge in [-0.1, -0.05) is 43.6 Å². The van der Waals surface area contributed by atoms with Crippen LogP contribution in [0.1, 0.15) is 29.9 Å². The number of hydrogen-bond donors (Lipinski definition) is 1. The molecule has 2 aromatic carbocycles. The van der Waals surface area contributed by atoms with Gasteiger partial charge in [-0.05, 0) is 25.0 Å². The highest BCUT2D eigenvalue weighted by molar-refractivity contribution is 6.32. The molecule has 172 valence electrons. The van der Waals surface area contributed by atoms with Crippen LogP contribution in [0.5, 0.6) is 5.75 Å². The lowest BCUT2D eigenvalue weighted by Crippen LogP contribution is -2.21. The molecule has 0 saturated heterocycles. The highest BCUT2D eigenvalue weighted by Gasteiger charge is 2.23. The van der Waals surface area contributed by atoms with Gasteiger partial charge >= 0.3 is 5.97 Å². The monoisotopic (exact) mass is 469 g/mol. The number of aryl methyl sites for hydroxylation is 1. The van der Waals surface area contributed by atoms with E-state index in [1.165, 1.54) is 7.11 Å². The topological polar surface area (TPSA) is 95.6 Å². The zero-order valence-electron chi connectivity index (χ0n) is 18.8. The second-order valence-corrected chi connectivity index (χ2v) is 8.46. The van der Waals surface area contributed by atoms with E-state index in [4.69, 9.17) is 25.5 Å². The van der Waals surface area contributed by atoms with E-state index in [1.54, 1.807) is 23.7 Å². The number of carbonyl (C=O) groups excluding carboxylic acids is 2. The lowest BCUT2D eigenvalue weighted by atomic mass is 10.1. The van der Waals surface area contributed by atoms with Crippen molar-refractivity contribution in [2.75, 3.05) is 19.0 Å². The van der Waals surface area contributed by atoms with E-state index < -0.39 is 18.5 Å². The molecule has 0 saturated carbocycles. The Morgan fingerprint density at radius 2 is 1.94 bits per heavy atom. The van der Waals surface area contributed by atoms with Crippen molar-refractivity contribution < 1.29 is 23.5 Å². The Morgan fingerprint density at radius 3 is 2.67 bits per heavy atom. The summed E-state index contributed by atoms with van der Waals surface area (Å²) in [6.07, 6.45) is 0. The summed E-state index contributed by atoms with van der Waals surface area (Å²) in [5.74, 6) is -0.471. The van der Waals surface area contributed by atoms with E-state index >= 15 is 0 Å². The number of furan rings is 1. The number of benzene rings is 2. The van der Waals surface area contributed by atoms with Crippen molar-refractivity contribution >= 4 is 51.1 Å². The van der Waals surface area contributed by atoms with Crippen molar-refractivity contribution in [1.82, 2.24) is 9.78 Å². The highest BCUT2D eigenvalue weighted by atomic mass is 35.5. The third-order valence-electron chi connectivity index (χ3n) is 5.11. The number of nitrogens with one attached hydrogen (secondary N) is 1. The summed E-state index contributed by atoms with van der Waals surface area (Å²) in [4.78, 5) is 25.1. The molecule has 9 heteroatoms. The molecule has 0 aliphatic carbocycles. The SMILES string of the molecule is COc1cc2c(cc1NC(=O)COC(=O)c1c(C)nn(CC(C)C)c1Cl)oc1ccccc12. The number of para-hydroxylation sites is 1. The summed E-state index contributed by atoms with van der Waals surface area (Å²) in [5.41, 5.74) is 2.35. The summed E-state index contributed by atoms with van der Waals surface area (Å²) in [6, 6.07) is 11.1. The summed E-state index contributed by atoms with van der Waals surface area (Å²) < 4.78 is 18.1. The minimum atomic E-state index is -0.706. The second kappa shape index (κ2) is 9.15. The van der Waals surface area contributed by atoms with Gasteiger partial charge in [0.2, 0.25) is 0 Å². The molecule has 0 bridgehead atoms. The first-order valence-corrected chi connectivity index (χ1v) is 10.9. The number of methoxy groups -OCH3 is 1. The second-order valence-electron chi connectivity index (χ2n) is 8.10. The molecule has 2 heterocycles. The van der Waals surface area contributed by atoms with Crippen molar-refractivity contribution in [3.63, 3.8) is 0 Å². The van der Waals surface area contributed by atoms with E-state index in [-0.39, 0.29) is 10.7 Å². The number of ether oxygens (including phenoxy) is 2. The number of anilines is 1. The number of carbonyl (C=O) groups is 2. The van der Waals surface area contributed by atoms with Crippen LogP contribution in [0.25, 0.3) is 21.9 Å².